The number of aryl methyl sites for hydroxylation is 1. The average molecular weight is 538 g/mol. The van der Waals surface area contributed by atoms with Crippen LogP contribution >= 0.6 is 0 Å². The molecule has 0 unspecified atom stereocenters. The van der Waals surface area contributed by atoms with Gasteiger partial charge < -0.3 is 14.8 Å². The van der Waals surface area contributed by atoms with Gasteiger partial charge in [-0.3, -0.25) is 14.0 Å². The van der Waals surface area contributed by atoms with Crippen LogP contribution in [-0.2, 0) is 27.9 Å². The van der Waals surface area contributed by atoms with Gasteiger partial charge >= 0.3 is 0 Å². The van der Waals surface area contributed by atoms with Crippen molar-refractivity contribution in [3.63, 3.8) is 0 Å². The third kappa shape index (κ3) is 6.65. The molecule has 202 valence electrons. The maximum absolute atomic E-state index is 13.7. The number of sulfonamides is 1. The van der Waals surface area contributed by atoms with Gasteiger partial charge in [0.2, 0.25) is 5.91 Å². The number of likely N-dealkylation sites (tertiary alicyclic amines) is 1. The molecule has 1 aliphatic heterocycles. The second-order valence-electron chi connectivity index (χ2n) is 9.44. The fourth-order valence-corrected chi connectivity index (χ4v) is 5.99. The number of anilines is 1. The van der Waals surface area contributed by atoms with E-state index in [4.69, 9.17) is 9.47 Å². The predicted molar refractivity (Wildman–Crippen MR) is 148 cm³/mol. The van der Waals surface area contributed by atoms with E-state index in [0.29, 0.717) is 18.0 Å². The van der Waals surface area contributed by atoms with Crippen LogP contribution in [0.3, 0.4) is 0 Å². The van der Waals surface area contributed by atoms with Crippen LogP contribution in [0.15, 0.2) is 71.6 Å². The Bertz CT molecular complexity index is 1350. The lowest BCUT2D eigenvalue weighted by molar-refractivity contribution is -0.119. The Labute approximate surface area is 225 Å². The fourth-order valence-electron chi connectivity index (χ4n) is 4.55. The molecular formula is C29H35N3O5S. The highest BCUT2D eigenvalue weighted by molar-refractivity contribution is 7.92. The molecule has 0 atom stereocenters. The van der Waals surface area contributed by atoms with Crippen LogP contribution in [0, 0.1) is 6.92 Å². The first-order valence-electron chi connectivity index (χ1n) is 12.7. The van der Waals surface area contributed by atoms with E-state index in [1.54, 1.807) is 12.1 Å². The molecular weight excluding hydrogens is 502 g/mol. The molecule has 3 aromatic rings. The molecule has 1 heterocycles. The van der Waals surface area contributed by atoms with Crippen LogP contribution in [0.25, 0.3) is 0 Å². The lowest BCUT2D eigenvalue weighted by Gasteiger charge is -2.24. The molecule has 38 heavy (non-hydrogen) atoms. The number of methoxy groups -OCH3 is 2. The standard InChI is InChI=1S/C29H35N3O5S/c1-22-9-11-25(12-10-22)32(38(34,35)26-13-14-27(36-2)28(18-26)37-3)21-29(33)30-19-23-7-6-8-24(17-23)20-31-15-4-5-16-31/h6-14,17-18H,4-5,15-16,19-21H2,1-3H3,(H,30,33). The topological polar surface area (TPSA) is 88.2 Å². The lowest BCUT2D eigenvalue weighted by Crippen LogP contribution is -2.40. The first-order valence-corrected chi connectivity index (χ1v) is 14.1. The molecule has 0 saturated carbocycles. The summed E-state index contributed by atoms with van der Waals surface area (Å²) in [4.78, 5) is 15.5. The molecule has 0 spiro atoms. The molecule has 0 aromatic heterocycles. The summed E-state index contributed by atoms with van der Waals surface area (Å²) in [6, 6.07) is 19.6. The summed E-state index contributed by atoms with van der Waals surface area (Å²) in [5.41, 5.74) is 3.55. The molecule has 0 radical (unpaired) electrons. The van der Waals surface area contributed by atoms with E-state index in [2.05, 4.69) is 22.3 Å². The van der Waals surface area contributed by atoms with Gasteiger partial charge in [0.05, 0.1) is 24.8 Å². The van der Waals surface area contributed by atoms with Gasteiger partial charge in [0.1, 0.15) is 6.54 Å². The van der Waals surface area contributed by atoms with Crippen LogP contribution in [0.5, 0.6) is 11.5 Å². The van der Waals surface area contributed by atoms with Crippen molar-refractivity contribution in [1.29, 1.82) is 0 Å². The van der Waals surface area contributed by atoms with Gasteiger partial charge in [0.15, 0.2) is 11.5 Å². The highest BCUT2D eigenvalue weighted by Crippen LogP contribution is 2.32. The van der Waals surface area contributed by atoms with E-state index in [1.165, 1.54) is 50.8 Å². The van der Waals surface area contributed by atoms with E-state index in [1.807, 2.05) is 31.2 Å². The number of rotatable bonds is 11. The number of benzene rings is 3. The monoisotopic (exact) mass is 537 g/mol. The smallest absolute Gasteiger partial charge is 0.264 e. The summed E-state index contributed by atoms with van der Waals surface area (Å²) in [7, 11) is -1.16. The van der Waals surface area contributed by atoms with Crippen molar-refractivity contribution < 1.29 is 22.7 Å². The van der Waals surface area contributed by atoms with Crippen molar-refractivity contribution in [1.82, 2.24) is 10.2 Å². The largest absolute Gasteiger partial charge is 0.493 e. The minimum atomic E-state index is -4.09. The first kappa shape index (κ1) is 27.5. The van der Waals surface area contributed by atoms with E-state index in [0.717, 1.165) is 35.1 Å². The maximum Gasteiger partial charge on any atom is 0.264 e. The number of hydrogen-bond donors (Lipinski definition) is 1. The molecule has 1 saturated heterocycles. The second-order valence-corrected chi connectivity index (χ2v) is 11.3. The normalized spacial score (nSPS) is 13.8. The zero-order valence-corrected chi connectivity index (χ0v) is 23.0. The van der Waals surface area contributed by atoms with Gasteiger partial charge in [-0.1, -0.05) is 42.0 Å². The van der Waals surface area contributed by atoms with Crippen molar-refractivity contribution in [3.05, 3.63) is 83.4 Å². The Morgan fingerprint density at radius 1 is 0.921 bits per heavy atom. The van der Waals surface area contributed by atoms with Crippen LogP contribution in [0.4, 0.5) is 5.69 Å². The van der Waals surface area contributed by atoms with Crippen LogP contribution in [0.1, 0.15) is 29.5 Å². The zero-order valence-electron chi connectivity index (χ0n) is 22.1. The highest BCUT2D eigenvalue weighted by atomic mass is 32.2. The molecule has 8 nitrogen and oxygen atoms in total. The number of carbonyl (C=O) groups excluding carboxylic acids is 1. The van der Waals surface area contributed by atoms with Gasteiger partial charge in [-0.15, -0.1) is 0 Å². The maximum atomic E-state index is 13.7. The molecule has 0 bridgehead atoms. The average Bonchev–Trinajstić information content (AvgIpc) is 3.44. The SMILES string of the molecule is COc1ccc(S(=O)(=O)N(CC(=O)NCc2cccc(CN3CCCC3)c2)c2ccc(C)cc2)cc1OC. The van der Waals surface area contributed by atoms with Crippen LogP contribution in [-0.4, -0.2) is 53.1 Å². The predicted octanol–water partition coefficient (Wildman–Crippen LogP) is 4.12. The Morgan fingerprint density at radius 2 is 1.61 bits per heavy atom. The number of nitrogens with one attached hydrogen (secondary N) is 1. The number of hydrogen-bond acceptors (Lipinski definition) is 6. The van der Waals surface area contributed by atoms with E-state index < -0.39 is 15.9 Å². The number of amides is 1. The number of nitrogens with zero attached hydrogens (tertiary/aromatic N) is 2. The minimum absolute atomic E-state index is 0.00172. The van der Waals surface area contributed by atoms with E-state index in [9.17, 15) is 13.2 Å². The Morgan fingerprint density at radius 3 is 2.29 bits per heavy atom. The van der Waals surface area contributed by atoms with Crippen molar-refractivity contribution in [3.8, 4) is 11.5 Å². The van der Waals surface area contributed by atoms with Gasteiger partial charge in [-0.2, -0.15) is 0 Å². The van der Waals surface area contributed by atoms with Gasteiger partial charge in [0.25, 0.3) is 10.0 Å². The lowest BCUT2D eigenvalue weighted by atomic mass is 10.1. The Balaban J connectivity index is 1.52. The Hall–Kier alpha value is -3.56. The number of ether oxygens (including phenoxy) is 2. The second kappa shape index (κ2) is 12.3. The summed E-state index contributed by atoms with van der Waals surface area (Å²) in [6.45, 7) is 4.99. The molecule has 1 fully saturated rings. The van der Waals surface area contributed by atoms with Gasteiger partial charge in [-0.05, 0) is 68.2 Å². The van der Waals surface area contributed by atoms with Crippen molar-refractivity contribution in [2.45, 2.75) is 37.8 Å². The molecule has 0 aliphatic carbocycles. The van der Waals surface area contributed by atoms with Crippen molar-refractivity contribution >= 4 is 21.6 Å². The number of carbonyl (C=O) groups is 1. The van der Waals surface area contributed by atoms with Gasteiger partial charge in [0, 0.05) is 19.2 Å². The fraction of sp³-hybridized carbons (Fsp3) is 0.345. The minimum Gasteiger partial charge on any atom is -0.493 e. The molecule has 1 amide bonds. The molecule has 3 aromatic carbocycles. The zero-order chi connectivity index (χ0) is 27.1. The molecule has 1 aliphatic rings. The summed E-state index contributed by atoms with van der Waals surface area (Å²) >= 11 is 0. The van der Waals surface area contributed by atoms with Crippen molar-refractivity contribution in [2.75, 3.05) is 38.2 Å². The summed E-state index contributed by atoms with van der Waals surface area (Å²) in [5, 5.41) is 2.89. The van der Waals surface area contributed by atoms with Crippen LogP contribution in [0.2, 0.25) is 0 Å². The molecule has 9 heteroatoms. The van der Waals surface area contributed by atoms with Crippen LogP contribution < -0.4 is 19.1 Å². The first-order chi connectivity index (χ1) is 18.3. The summed E-state index contributed by atoms with van der Waals surface area (Å²) in [5.74, 6) is 0.299. The summed E-state index contributed by atoms with van der Waals surface area (Å²) < 4.78 is 39.2. The Kier molecular flexibility index (Phi) is 8.91. The van der Waals surface area contributed by atoms with E-state index >= 15 is 0 Å². The van der Waals surface area contributed by atoms with Gasteiger partial charge in [-0.25, -0.2) is 8.42 Å². The third-order valence-corrected chi connectivity index (χ3v) is 8.41. The highest BCUT2D eigenvalue weighted by Gasteiger charge is 2.28. The van der Waals surface area contributed by atoms with Crippen molar-refractivity contribution in [2.24, 2.45) is 0 Å². The molecule has 4 rings (SSSR count). The summed E-state index contributed by atoms with van der Waals surface area (Å²) in [6.07, 6.45) is 2.47. The van der Waals surface area contributed by atoms with E-state index in [-0.39, 0.29) is 17.2 Å². The quantitative estimate of drug-likeness (QED) is 0.396. The molecule has 1 N–H and O–H groups in total. The third-order valence-electron chi connectivity index (χ3n) is 6.64.